The van der Waals surface area contributed by atoms with Gasteiger partial charge in [0.15, 0.2) is 0 Å². The first kappa shape index (κ1) is 20.3. The molecule has 5 rings (SSSR count). The quantitative estimate of drug-likeness (QED) is 0.686. The topological polar surface area (TPSA) is 92.1 Å². The number of rotatable bonds is 3. The molecule has 3 amide bonds. The first-order valence-electron chi connectivity index (χ1n) is 10.6. The summed E-state index contributed by atoms with van der Waals surface area (Å²) in [6.45, 7) is 2.11. The van der Waals surface area contributed by atoms with Gasteiger partial charge in [-0.3, -0.25) is 14.4 Å². The van der Waals surface area contributed by atoms with E-state index in [1.54, 1.807) is 41.1 Å². The number of hydrogen-bond acceptors (Lipinski definition) is 5. The predicted molar refractivity (Wildman–Crippen MR) is 118 cm³/mol. The maximum Gasteiger partial charge on any atom is 0.291 e. The van der Waals surface area contributed by atoms with Crippen LogP contribution in [0.1, 0.15) is 32.4 Å². The van der Waals surface area contributed by atoms with Crippen molar-refractivity contribution in [3.63, 3.8) is 0 Å². The number of amides is 3. The third-order valence-corrected chi connectivity index (χ3v) is 6.02. The summed E-state index contributed by atoms with van der Waals surface area (Å²) in [5.74, 6) is -1.14. The van der Waals surface area contributed by atoms with Crippen molar-refractivity contribution < 1.29 is 23.5 Å². The van der Waals surface area contributed by atoms with Crippen LogP contribution in [0.5, 0.6) is 0 Å². The molecule has 8 heteroatoms. The Balaban J connectivity index is 1.51. The van der Waals surface area contributed by atoms with E-state index in [1.807, 2.05) is 24.3 Å². The van der Waals surface area contributed by atoms with E-state index in [-0.39, 0.29) is 30.0 Å². The zero-order valence-corrected chi connectivity index (χ0v) is 17.7. The number of carbonyl (C=O) groups is 3. The molecule has 2 aliphatic heterocycles. The number of likely N-dealkylation sites (N-methyl/N-ethyl adjacent to an activating group) is 1. The van der Waals surface area contributed by atoms with Crippen LogP contribution in [0.4, 0.5) is 5.69 Å². The summed E-state index contributed by atoms with van der Waals surface area (Å²) >= 11 is 0. The zero-order chi connectivity index (χ0) is 22.2. The van der Waals surface area contributed by atoms with Crippen LogP contribution in [0.15, 0.2) is 52.9 Å². The Morgan fingerprint density at radius 3 is 2.56 bits per heavy atom. The molecular weight excluding hydrogens is 410 g/mol. The first-order valence-corrected chi connectivity index (χ1v) is 10.6. The molecule has 3 heterocycles. The van der Waals surface area contributed by atoms with Crippen molar-refractivity contribution in [2.45, 2.75) is 5.92 Å². The zero-order valence-electron chi connectivity index (χ0n) is 17.7. The van der Waals surface area contributed by atoms with Gasteiger partial charge in [0.25, 0.3) is 11.8 Å². The van der Waals surface area contributed by atoms with Gasteiger partial charge in [0.2, 0.25) is 11.7 Å². The normalized spacial score (nSPS) is 18.5. The Morgan fingerprint density at radius 1 is 1.03 bits per heavy atom. The number of hydrogen-bond donors (Lipinski definition) is 1. The van der Waals surface area contributed by atoms with Crippen molar-refractivity contribution in [1.82, 2.24) is 9.80 Å². The lowest BCUT2D eigenvalue weighted by molar-refractivity contribution is -0.117. The second kappa shape index (κ2) is 8.12. The van der Waals surface area contributed by atoms with Crippen LogP contribution in [0, 0.1) is 0 Å². The van der Waals surface area contributed by atoms with Gasteiger partial charge in [-0.15, -0.1) is 0 Å². The lowest BCUT2D eigenvalue weighted by Gasteiger charge is -2.31. The lowest BCUT2D eigenvalue weighted by Crippen LogP contribution is -2.42. The van der Waals surface area contributed by atoms with E-state index in [2.05, 4.69) is 5.32 Å². The SMILES string of the molecule is CN1CC(C(=O)Nc2c(C(=O)N3CCOCC3)oc3ccccc23)c2ccccc2C1=O. The highest BCUT2D eigenvalue weighted by Gasteiger charge is 2.35. The second-order valence-electron chi connectivity index (χ2n) is 8.02. The van der Waals surface area contributed by atoms with E-state index in [0.717, 1.165) is 0 Å². The molecule has 0 radical (unpaired) electrons. The summed E-state index contributed by atoms with van der Waals surface area (Å²) < 4.78 is 11.2. The van der Waals surface area contributed by atoms with Crippen LogP contribution in [0.25, 0.3) is 11.0 Å². The van der Waals surface area contributed by atoms with Crippen molar-refractivity contribution in [2.75, 3.05) is 45.2 Å². The molecule has 0 bridgehead atoms. The summed E-state index contributed by atoms with van der Waals surface area (Å²) in [5.41, 5.74) is 2.08. The van der Waals surface area contributed by atoms with E-state index in [1.165, 1.54) is 0 Å². The Labute approximate surface area is 184 Å². The molecule has 8 nitrogen and oxygen atoms in total. The number of fused-ring (bicyclic) bond motifs is 2. The molecule has 3 aromatic rings. The number of ether oxygens (including phenoxy) is 1. The second-order valence-corrected chi connectivity index (χ2v) is 8.02. The van der Waals surface area contributed by atoms with Crippen molar-refractivity contribution in [3.05, 3.63) is 65.4 Å². The minimum Gasteiger partial charge on any atom is -0.449 e. The fraction of sp³-hybridized carbons (Fsp3) is 0.292. The number of morpholine rings is 1. The highest BCUT2D eigenvalue weighted by Crippen LogP contribution is 2.34. The summed E-state index contributed by atoms with van der Waals surface area (Å²) in [7, 11) is 1.68. The monoisotopic (exact) mass is 433 g/mol. The number of nitrogens with zero attached hydrogens (tertiary/aromatic N) is 2. The predicted octanol–water partition coefficient (Wildman–Crippen LogP) is 2.71. The molecule has 2 aromatic carbocycles. The van der Waals surface area contributed by atoms with Gasteiger partial charge in [-0.2, -0.15) is 0 Å². The van der Waals surface area contributed by atoms with Crippen LogP contribution in [0.3, 0.4) is 0 Å². The molecule has 1 fully saturated rings. The molecule has 32 heavy (non-hydrogen) atoms. The first-order chi connectivity index (χ1) is 15.5. The minimum absolute atomic E-state index is 0.106. The average Bonchev–Trinajstić information content (AvgIpc) is 3.19. The maximum atomic E-state index is 13.4. The highest BCUT2D eigenvalue weighted by atomic mass is 16.5. The van der Waals surface area contributed by atoms with Gasteiger partial charge in [-0.1, -0.05) is 30.3 Å². The maximum absolute atomic E-state index is 13.4. The molecule has 1 N–H and O–H groups in total. The van der Waals surface area contributed by atoms with Crippen LogP contribution in [0.2, 0.25) is 0 Å². The summed E-state index contributed by atoms with van der Waals surface area (Å²) in [4.78, 5) is 42.4. The molecular formula is C24H23N3O5. The molecule has 164 valence electrons. The number of anilines is 1. The van der Waals surface area contributed by atoms with Crippen LogP contribution in [-0.4, -0.2) is 67.4 Å². The third-order valence-electron chi connectivity index (χ3n) is 6.02. The fourth-order valence-corrected chi connectivity index (χ4v) is 4.32. The van der Waals surface area contributed by atoms with Crippen molar-refractivity contribution >= 4 is 34.4 Å². The van der Waals surface area contributed by atoms with E-state index >= 15 is 0 Å². The van der Waals surface area contributed by atoms with Gasteiger partial charge in [0.1, 0.15) is 11.3 Å². The van der Waals surface area contributed by atoms with Crippen molar-refractivity contribution in [2.24, 2.45) is 0 Å². The summed E-state index contributed by atoms with van der Waals surface area (Å²) in [5, 5.41) is 3.61. The third kappa shape index (κ3) is 3.42. The summed E-state index contributed by atoms with van der Waals surface area (Å²) in [6.07, 6.45) is 0. The molecule has 1 unspecified atom stereocenters. The summed E-state index contributed by atoms with van der Waals surface area (Å²) in [6, 6.07) is 14.4. The van der Waals surface area contributed by atoms with E-state index in [4.69, 9.17) is 9.15 Å². The van der Waals surface area contributed by atoms with Crippen LogP contribution < -0.4 is 5.32 Å². The smallest absolute Gasteiger partial charge is 0.291 e. The highest BCUT2D eigenvalue weighted by molar-refractivity contribution is 6.12. The largest absolute Gasteiger partial charge is 0.449 e. The van der Waals surface area contributed by atoms with Crippen molar-refractivity contribution in [1.29, 1.82) is 0 Å². The number of benzene rings is 2. The van der Waals surface area contributed by atoms with Crippen LogP contribution in [-0.2, 0) is 9.53 Å². The molecule has 1 saturated heterocycles. The molecule has 1 atom stereocenters. The Morgan fingerprint density at radius 2 is 1.75 bits per heavy atom. The number of furan rings is 1. The van der Waals surface area contributed by atoms with Gasteiger partial charge in [-0.25, -0.2) is 0 Å². The van der Waals surface area contributed by atoms with Gasteiger partial charge in [-0.05, 0) is 23.8 Å². The van der Waals surface area contributed by atoms with Gasteiger partial charge >= 0.3 is 0 Å². The van der Waals surface area contributed by atoms with E-state index < -0.39 is 5.92 Å². The Hall–Kier alpha value is -3.65. The van der Waals surface area contributed by atoms with Crippen molar-refractivity contribution in [3.8, 4) is 0 Å². The van der Waals surface area contributed by atoms with Gasteiger partial charge in [0.05, 0.1) is 19.1 Å². The average molecular weight is 433 g/mol. The molecule has 0 saturated carbocycles. The molecule has 2 aliphatic rings. The Bertz CT molecular complexity index is 1210. The minimum atomic E-state index is -0.561. The van der Waals surface area contributed by atoms with E-state index in [0.29, 0.717) is 54.1 Å². The number of para-hydroxylation sites is 1. The molecule has 0 spiro atoms. The standard InChI is InChI=1S/C24H23N3O5/c1-26-14-18(15-6-2-3-7-16(15)23(26)29)22(28)25-20-17-8-4-5-9-19(17)32-21(20)24(30)27-10-12-31-13-11-27/h2-9,18H,10-14H2,1H3,(H,25,28). The van der Waals surface area contributed by atoms with Gasteiger partial charge in [0, 0.05) is 37.6 Å². The number of nitrogens with one attached hydrogen (secondary N) is 1. The molecule has 1 aromatic heterocycles. The molecule has 0 aliphatic carbocycles. The fourth-order valence-electron chi connectivity index (χ4n) is 4.32. The Kier molecular flexibility index (Phi) is 5.14. The van der Waals surface area contributed by atoms with E-state index in [9.17, 15) is 14.4 Å². The van der Waals surface area contributed by atoms with Crippen LogP contribution >= 0.6 is 0 Å². The lowest BCUT2D eigenvalue weighted by atomic mass is 9.88. The number of carbonyl (C=O) groups excluding carboxylic acids is 3. The van der Waals surface area contributed by atoms with Gasteiger partial charge < -0.3 is 24.3 Å².